The molecule has 1 aromatic carbocycles. The highest BCUT2D eigenvalue weighted by Crippen LogP contribution is 2.43. The van der Waals surface area contributed by atoms with E-state index in [0.29, 0.717) is 23.3 Å². The third-order valence-electron chi connectivity index (χ3n) is 5.78. The molecule has 4 rings (SSSR count). The van der Waals surface area contributed by atoms with Gasteiger partial charge in [-0.05, 0) is 68.8 Å². The van der Waals surface area contributed by atoms with Crippen molar-refractivity contribution >= 4 is 18.1 Å². The van der Waals surface area contributed by atoms with Gasteiger partial charge in [0.1, 0.15) is 0 Å². The summed E-state index contributed by atoms with van der Waals surface area (Å²) in [7, 11) is 0. The van der Waals surface area contributed by atoms with Crippen LogP contribution in [0.1, 0.15) is 25.3 Å². The summed E-state index contributed by atoms with van der Waals surface area (Å²) in [5.74, 6) is 0.506. The third-order valence-corrected chi connectivity index (χ3v) is 5.78. The van der Waals surface area contributed by atoms with E-state index in [4.69, 9.17) is 4.42 Å². The van der Waals surface area contributed by atoms with E-state index in [1.165, 1.54) is 12.1 Å². The van der Waals surface area contributed by atoms with E-state index in [1.807, 2.05) is 6.92 Å². The summed E-state index contributed by atoms with van der Waals surface area (Å²) in [6.45, 7) is 3.78. The maximum atomic E-state index is 13.5. The molecule has 6 nitrogen and oxygen atoms in total. The molecular formula is C18H22ClF3N4O2. The molecule has 0 radical (unpaired) electrons. The molecule has 2 aromatic rings. The van der Waals surface area contributed by atoms with E-state index in [1.54, 1.807) is 0 Å². The van der Waals surface area contributed by atoms with Crippen LogP contribution in [-0.4, -0.2) is 29.3 Å². The van der Waals surface area contributed by atoms with Gasteiger partial charge in [0, 0.05) is 17.3 Å². The zero-order chi connectivity index (χ0) is 19.2. The van der Waals surface area contributed by atoms with Crippen molar-refractivity contribution in [2.75, 3.05) is 18.4 Å². The number of anilines is 1. The van der Waals surface area contributed by atoms with Crippen LogP contribution >= 0.6 is 12.4 Å². The highest BCUT2D eigenvalue weighted by Gasteiger charge is 2.42. The Hall–Kier alpha value is -2.00. The number of hydrogen-bond acceptors (Lipinski definition) is 5. The first kappa shape index (κ1) is 20.7. The number of aromatic nitrogens is 2. The van der Waals surface area contributed by atoms with E-state index < -0.39 is 17.5 Å². The molecule has 1 unspecified atom stereocenters. The molecule has 2 aliphatic rings. The zero-order valence-electron chi connectivity index (χ0n) is 15.2. The molecule has 2 fully saturated rings. The number of rotatable bonds is 4. The standard InChI is InChI=1S/C18H21F3N4O2.ClH/c1-9(15-11-2-3-12(15)8-22-7-11)23-14-6-10(16-24-25-17(26)27-16)4-5-13(14)18(19,20)21;/h4-6,9,11-12,15,22-23H,2-3,7-8H2,1H3,(H,25,26);1H/t9-,11-,12+,15?;/m0./s1. The van der Waals surface area contributed by atoms with E-state index in [2.05, 4.69) is 20.8 Å². The van der Waals surface area contributed by atoms with Crippen LogP contribution in [0.4, 0.5) is 18.9 Å². The van der Waals surface area contributed by atoms with Crippen LogP contribution in [0.5, 0.6) is 0 Å². The zero-order valence-corrected chi connectivity index (χ0v) is 16.0. The molecule has 0 amide bonds. The molecule has 3 N–H and O–H groups in total. The van der Waals surface area contributed by atoms with Crippen molar-refractivity contribution in [1.29, 1.82) is 0 Å². The minimum atomic E-state index is -4.49. The average Bonchev–Trinajstić information content (AvgIpc) is 3.14. The Balaban J connectivity index is 0.00000225. The average molecular weight is 419 g/mol. The molecule has 10 heteroatoms. The van der Waals surface area contributed by atoms with Gasteiger partial charge in [-0.25, -0.2) is 9.89 Å². The molecule has 1 aliphatic heterocycles. The fraction of sp³-hybridized carbons (Fsp3) is 0.556. The quantitative estimate of drug-likeness (QED) is 0.707. The molecule has 2 bridgehead atoms. The third kappa shape index (κ3) is 3.91. The Morgan fingerprint density at radius 1 is 1.25 bits per heavy atom. The Labute approximate surface area is 165 Å². The van der Waals surface area contributed by atoms with Gasteiger partial charge in [0.15, 0.2) is 0 Å². The molecule has 28 heavy (non-hydrogen) atoms. The number of benzene rings is 1. The lowest BCUT2D eigenvalue weighted by molar-refractivity contribution is -0.137. The molecule has 1 aliphatic carbocycles. The predicted molar refractivity (Wildman–Crippen MR) is 100 cm³/mol. The summed E-state index contributed by atoms with van der Waals surface area (Å²) >= 11 is 0. The minimum absolute atomic E-state index is 0. The maximum Gasteiger partial charge on any atom is 0.434 e. The second-order valence-corrected chi connectivity index (χ2v) is 7.44. The fourth-order valence-corrected chi connectivity index (χ4v) is 4.68. The maximum absolute atomic E-state index is 13.5. The number of H-pyrrole nitrogens is 1. The van der Waals surface area contributed by atoms with Crippen molar-refractivity contribution in [2.45, 2.75) is 32.0 Å². The fourth-order valence-electron chi connectivity index (χ4n) is 4.68. The van der Waals surface area contributed by atoms with Crippen molar-refractivity contribution in [1.82, 2.24) is 15.5 Å². The number of nitrogens with one attached hydrogen (secondary N) is 3. The largest absolute Gasteiger partial charge is 0.434 e. The van der Waals surface area contributed by atoms with E-state index in [0.717, 1.165) is 32.0 Å². The predicted octanol–water partition coefficient (Wildman–Crippen LogP) is 3.52. The van der Waals surface area contributed by atoms with Crippen LogP contribution in [0.2, 0.25) is 0 Å². The van der Waals surface area contributed by atoms with E-state index >= 15 is 0 Å². The molecular weight excluding hydrogens is 397 g/mol. The van der Waals surface area contributed by atoms with Crippen LogP contribution in [0.25, 0.3) is 11.5 Å². The number of nitrogens with zero attached hydrogens (tertiary/aromatic N) is 1. The van der Waals surface area contributed by atoms with Gasteiger partial charge in [0.2, 0.25) is 5.89 Å². The number of fused-ring (bicyclic) bond motifs is 2. The first-order valence-corrected chi connectivity index (χ1v) is 9.07. The number of alkyl halides is 3. The first-order chi connectivity index (χ1) is 12.8. The molecule has 1 saturated heterocycles. The van der Waals surface area contributed by atoms with Gasteiger partial charge < -0.3 is 15.1 Å². The lowest BCUT2D eigenvalue weighted by Gasteiger charge is -2.36. The van der Waals surface area contributed by atoms with Crippen molar-refractivity contribution in [3.63, 3.8) is 0 Å². The van der Waals surface area contributed by atoms with E-state index in [-0.39, 0.29) is 30.0 Å². The summed E-state index contributed by atoms with van der Waals surface area (Å²) in [4.78, 5) is 11.2. The van der Waals surface area contributed by atoms with Gasteiger partial charge in [0.25, 0.3) is 0 Å². The Bertz CT molecular complexity index is 866. The second kappa shape index (κ2) is 7.79. The molecule has 154 valence electrons. The van der Waals surface area contributed by atoms with Crippen molar-refractivity contribution in [3.8, 4) is 11.5 Å². The first-order valence-electron chi connectivity index (χ1n) is 9.07. The van der Waals surface area contributed by atoms with E-state index in [9.17, 15) is 18.0 Å². The Morgan fingerprint density at radius 2 is 1.93 bits per heavy atom. The number of halogens is 4. The van der Waals surface area contributed by atoms with Crippen molar-refractivity contribution in [3.05, 3.63) is 34.3 Å². The van der Waals surface area contributed by atoms with Gasteiger partial charge in [-0.15, -0.1) is 17.5 Å². The molecule has 4 atom stereocenters. The Kier molecular flexibility index (Phi) is 5.77. The highest BCUT2D eigenvalue weighted by molar-refractivity contribution is 5.85. The monoisotopic (exact) mass is 418 g/mol. The second-order valence-electron chi connectivity index (χ2n) is 7.44. The summed E-state index contributed by atoms with van der Waals surface area (Å²) in [5.41, 5.74) is -0.447. The van der Waals surface area contributed by atoms with Gasteiger partial charge in [0.05, 0.1) is 5.56 Å². The van der Waals surface area contributed by atoms with Crippen LogP contribution in [0.15, 0.2) is 27.4 Å². The molecule has 0 spiro atoms. The Morgan fingerprint density at radius 3 is 2.50 bits per heavy atom. The normalized spacial score (nSPS) is 25.2. The molecule has 1 saturated carbocycles. The van der Waals surface area contributed by atoms with Gasteiger partial charge in [-0.1, -0.05) is 0 Å². The lowest BCUT2D eigenvalue weighted by Crippen LogP contribution is -2.45. The number of hydrogen-bond donors (Lipinski definition) is 3. The van der Waals surface area contributed by atoms with Crippen LogP contribution in [0, 0.1) is 17.8 Å². The summed E-state index contributed by atoms with van der Waals surface area (Å²) < 4.78 is 45.4. The van der Waals surface area contributed by atoms with Crippen LogP contribution in [-0.2, 0) is 6.18 Å². The molecule has 1 aromatic heterocycles. The number of piperidine rings is 1. The van der Waals surface area contributed by atoms with Gasteiger partial charge in [-0.2, -0.15) is 13.2 Å². The van der Waals surface area contributed by atoms with Crippen LogP contribution < -0.4 is 16.4 Å². The minimum Gasteiger partial charge on any atom is -0.388 e. The number of aromatic amines is 1. The van der Waals surface area contributed by atoms with Crippen molar-refractivity contribution < 1.29 is 17.6 Å². The summed E-state index contributed by atoms with van der Waals surface area (Å²) in [5, 5.41) is 12.3. The van der Waals surface area contributed by atoms with Gasteiger partial charge >= 0.3 is 11.9 Å². The van der Waals surface area contributed by atoms with Gasteiger partial charge in [-0.3, -0.25) is 0 Å². The lowest BCUT2D eigenvalue weighted by atomic mass is 9.81. The topological polar surface area (TPSA) is 83.0 Å². The molecule has 2 heterocycles. The van der Waals surface area contributed by atoms with Crippen LogP contribution in [0.3, 0.4) is 0 Å². The summed E-state index contributed by atoms with van der Waals surface area (Å²) in [6.07, 6.45) is -2.27. The highest BCUT2D eigenvalue weighted by atomic mass is 35.5. The smallest absolute Gasteiger partial charge is 0.388 e. The van der Waals surface area contributed by atoms with Crippen molar-refractivity contribution in [2.24, 2.45) is 17.8 Å². The SMILES string of the molecule is C[C@H](Nc1cc(-c2n[nH]c(=O)o2)ccc1C(F)(F)F)C1[C@@H]2CC[C@H]1CNC2.Cl. The summed E-state index contributed by atoms with van der Waals surface area (Å²) in [6, 6.07) is 3.50.